The molecule has 1 amide bonds. The van der Waals surface area contributed by atoms with Crippen molar-refractivity contribution in [1.82, 2.24) is 9.80 Å². The summed E-state index contributed by atoms with van der Waals surface area (Å²) in [6, 6.07) is 9.33. The summed E-state index contributed by atoms with van der Waals surface area (Å²) in [7, 11) is -6.94. The van der Waals surface area contributed by atoms with Gasteiger partial charge in [0, 0.05) is 43.5 Å². The van der Waals surface area contributed by atoms with Gasteiger partial charge in [-0.15, -0.1) is 0 Å². The van der Waals surface area contributed by atoms with Crippen molar-refractivity contribution in [2.24, 2.45) is 0 Å². The molecule has 2 aromatic carbocycles. The van der Waals surface area contributed by atoms with E-state index in [1.807, 2.05) is 0 Å². The third kappa shape index (κ3) is 5.36. The molecule has 1 atom stereocenters. The molecule has 0 spiro atoms. The number of anilines is 1. The summed E-state index contributed by atoms with van der Waals surface area (Å²) in [4.78, 5) is 16.9. The summed E-state index contributed by atoms with van der Waals surface area (Å²) in [5.74, 6) is -0.356. The van der Waals surface area contributed by atoms with E-state index >= 15 is 0 Å². The lowest BCUT2D eigenvalue weighted by molar-refractivity contribution is 0.0587. The van der Waals surface area contributed by atoms with E-state index in [4.69, 9.17) is 0 Å². The Bertz CT molecular complexity index is 1260. The maximum atomic E-state index is 13.2. The molecule has 8 nitrogen and oxygen atoms in total. The molecule has 0 radical (unpaired) electrons. The average molecular weight is 496 g/mol. The maximum Gasteiger partial charge on any atom is 0.261 e. The van der Waals surface area contributed by atoms with Crippen LogP contribution < -0.4 is 4.72 Å². The highest BCUT2D eigenvalue weighted by Gasteiger charge is 2.34. The van der Waals surface area contributed by atoms with Gasteiger partial charge in [-0.1, -0.05) is 6.07 Å². The lowest BCUT2D eigenvalue weighted by atomic mass is 10.1. The molecular weight excluding hydrogens is 469 g/mol. The van der Waals surface area contributed by atoms with Gasteiger partial charge in [0.1, 0.15) is 5.82 Å². The Morgan fingerprint density at radius 2 is 1.73 bits per heavy atom. The van der Waals surface area contributed by atoms with Gasteiger partial charge in [0.05, 0.1) is 16.4 Å². The van der Waals surface area contributed by atoms with Gasteiger partial charge in [0.2, 0.25) is 0 Å². The number of sulfone groups is 1. The van der Waals surface area contributed by atoms with Crippen LogP contribution in [0.1, 0.15) is 22.3 Å². The molecule has 11 heteroatoms. The van der Waals surface area contributed by atoms with Crippen LogP contribution in [0.5, 0.6) is 0 Å². The summed E-state index contributed by atoms with van der Waals surface area (Å²) in [6.07, 6.45) is 0.621. The van der Waals surface area contributed by atoms with Crippen LogP contribution in [0, 0.1) is 12.7 Å². The molecule has 1 unspecified atom stereocenters. The first-order chi connectivity index (χ1) is 15.5. The predicted molar refractivity (Wildman–Crippen MR) is 123 cm³/mol. The van der Waals surface area contributed by atoms with Crippen LogP contribution in [0.25, 0.3) is 0 Å². The van der Waals surface area contributed by atoms with E-state index in [2.05, 4.69) is 9.62 Å². The van der Waals surface area contributed by atoms with Crippen molar-refractivity contribution in [1.29, 1.82) is 0 Å². The van der Waals surface area contributed by atoms with E-state index in [1.165, 1.54) is 24.3 Å². The van der Waals surface area contributed by atoms with Crippen LogP contribution in [0.15, 0.2) is 47.4 Å². The fraction of sp³-hybridized carbons (Fsp3) is 0.409. The van der Waals surface area contributed by atoms with Crippen molar-refractivity contribution in [3.05, 3.63) is 59.4 Å². The zero-order chi connectivity index (χ0) is 23.8. The Labute approximate surface area is 193 Å². The summed E-state index contributed by atoms with van der Waals surface area (Å²) in [5, 5.41) is 0. The zero-order valence-corrected chi connectivity index (χ0v) is 19.8. The number of aryl methyl sites for hydroxylation is 1. The van der Waals surface area contributed by atoms with Crippen LogP contribution in [0.2, 0.25) is 0 Å². The molecule has 0 bridgehead atoms. The van der Waals surface area contributed by atoms with Crippen molar-refractivity contribution in [2.75, 3.05) is 42.4 Å². The molecule has 2 saturated heterocycles. The molecule has 0 aromatic heterocycles. The first-order valence-electron chi connectivity index (χ1n) is 10.7. The third-order valence-corrected chi connectivity index (χ3v) is 9.30. The summed E-state index contributed by atoms with van der Waals surface area (Å²) >= 11 is 0. The van der Waals surface area contributed by atoms with E-state index in [-0.39, 0.29) is 34.0 Å². The molecule has 2 aliphatic rings. The number of piperazine rings is 1. The molecule has 1 N–H and O–H groups in total. The van der Waals surface area contributed by atoms with Crippen molar-refractivity contribution >= 4 is 31.5 Å². The topological polar surface area (TPSA) is 104 Å². The Hall–Kier alpha value is -2.50. The van der Waals surface area contributed by atoms with Gasteiger partial charge in [0.15, 0.2) is 9.84 Å². The number of halogens is 1. The second-order valence-electron chi connectivity index (χ2n) is 8.47. The van der Waals surface area contributed by atoms with Gasteiger partial charge in [-0.05, 0) is 55.3 Å². The van der Waals surface area contributed by atoms with E-state index in [0.717, 1.165) is 12.1 Å². The van der Waals surface area contributed by atoms with Crippen molar-refractivity contribution in [3.63, 3.8) is 0 Å². The van der Waals surface area contributed by atoms with Gasteiger partial charge in [-0.3, -0.25) is 14.4 Å². The highest BCUT2D eigenvalue weighted by atomic mass is 32.2. The van der Waals surface area contributed by atoms with E-state index < -0.39 is 25.7 Å². The zero-order valence-electron chi connectivity index (χ0n) is 18.2. The van der Waals surface area contributed by atoms with Crippen LogP contribution in [-0.4, -0.2) is 76.3 Å². The van der Waals surface area contributed by atoms with Gasteiger partial charge in [0.25, 0.3) is 15.9 Å². The number of hydrogen-bond donors (Lipinski definition) is 1. The number of hydrogen-bond acceptors (Lipinski definition) is 6. The fourth-order valence-corrected chi connectivity index (χ4v) is 7.10. The Morgan fingerprint density at radius 1 is 1.06 bits per heavy atom. The molecule has 2 fully saturated rings. The molecule has 178 valence electrons. The van der Waals surface area contributed by atoms with E-state index in [0.29, 0.717) is 43.7 Å². The number of benzene rings is 2. The van der Waals surface area contributed by atoms with Crippen LogP contribution in [-0.2, 0) is 19.9 Å². The standard InChI is InChI=1S/C22H26FN3O5S2/c1-16-2-7-20(33(30,31)24-18-5-3-17(23)4-6-18)14-21(16)22(27)26-11-9-25(10-12-26)19-8-13-32(28,29)15-19/h2-7,14,19,24H,8-13,15H2,1H3. The largest absolute Gasteiger partial charge is 0.336 e. The minimum atomic E-state index is -3.97. The maximum absolute atomic E-state index is 13.2. The summed E-state index contributed by atoms with van der Waals surface area (Å²) in [5.41, 5.74) is 1.17. The number of sulfonamides is 1. The lowest BCUT2D eigenvalue weighted by Crippen LogP contribution is -2.52. The van der Waals surface area contributed by atoms with E-state index in [9.17, 15) is 26.0 Å². The average Bonchev–Trinajstić information content (AvgIpc) is 3.15. The summed E-state index contributed by atoms with van der Waals surface area (Å²) < 4.78 is 64.6. The van der Waals surface area contributed by atoms with Crippen molar-refractivity contribution in [3.8, 4) is 0 Å². The predicted octanol–water partition coefficient (Wildman–Crippen LogP) is 1.88. The lowest BCUT2D eigenvalue weighted by Gasteiger charge is -2.37. The number of carbonyl (C=O) groups excluding carboxylic acids is 1. The van der Waals surface area contributed by atoms with Crippen molar-refractivity contribution in [2.45, 2.75) is 24.3 Å². The second-order valence-corrected chi connectivity index (χ2v) is 12.4. The summed E-state index contributed by atoms with van der Waals surface area (Å²) in [6.45, 7) is 3.79. The SMILES string of the molecule is Cc1ccc(S(=O)(=O)Nc2ccc(F)cc2)cc1C(=O)N1CCN(C2CCS(=O)(=O)C2)CC1. The number of amides is 1. The monoisotopic (exact) mass is 495 g/mol. The first kappa shape index (κ1) is 23.7. The highest BCUT2D eigenvalue weighted by Crippen LogP contribution is 2.23. The molecule has 2 aromatic rings. The Kier molecular flexibility index (Phi) is 6.47. The minimum absolute atomic E-state index is 0.00000465. The molecular formula is C22H26FN3O5S2. The molecule has 33 heavy (non-hydrogen) atoms. The van der Waals surface area contributed by atoms with Gasteiger partial charge in [-0.25, -0.2) is 21.2 Å². The molecule has 2 heterocycles. The van der Waals surface area contributed by atoms with Gasteiger partial charge >= 0.3 is 0 Å². The number of nitrogens with one attached hydrogen (secondary N) is 1. The molecule has 0 aliphatic carbocycles. The smallest absolute Gasteiger partial charge is 0.261 e. The first-order valence-corrected chi connectivity index (χ1v) is 14.0. The van der Waals surface area contributed by atoms with Crippen LogP contribution in [0.4, 0.5) is 10.1 Å². The van der Waals surface area contributed by atoms with E-state index in [1.54, 1.807) is 17.9 Å². The Morgan fingerprint density at radius 3 is 2.33 bits per heavy atom. The van der Waals surface area contributed by atoms with Crippen LogP contribution in [0.3, 0.4) is 0 Å². The Balaban J connectivity index is 1.46. The minimum Gasteiger partial charge on any atom is -0.336 e. The number of carbonyl (C=O) groups is 1. The number of rotatable bonds is 5. The quantitative estimate of drug-likeness (QED) is 0.679. The van der Waals surface area contributed by atoms with Crippen molar-refractivity contribution < 1.29 is 26.0 Å². The van der Waals surface area contributed by atoms with Crippen LogP contribution >= 0.6 is 0 Å². The third-order valence-electron chi connectivity index (χ3n) is 6.17. The molecule has 2 aliphatic heterocycles. The normalized spacial score (nSPS) is 21.2. The van der Waals surface area contributed by atoms with Gasteiger partial charge < -0.3 is 4.90 Å². The fourth-order valence-electron chi connectivity index (χ4n) is 4.25. The highest BCUT2D eigenvalue weighted by molar-refractivity contribution is 7.92. The molecule has 4 rings (SSSR count). The molecule has 0 saturated carbocycles. The number of nitrogens with zero attached hydrogens (tertiary/aromatic N) is 2. The second kappa shape index (κ2) is 9.03. The van der Waals surface area contributed by atoms with Gasteiger partial charge in [-0.2, -0.15) is 0 Å².